The molecule has 1 aromatic heterocycles. The minimum absolute atomic E-state index is 0.0922. The van der Waals surface area contributed by atoms with Crippen LogP contribution in [0, 0.1) is 0 Å². The highest BCUT2D eigenvalue weighted by Crippen LogP contribution is 2.09. The molecule has 0 bridgehead atoms. The lowest BCUT2D eigenvalue weighted by atomic mass is 10.1. The predicted molar refractivity (Wildman–Crippen MR) is 64.1 cm³/mol. The topological polar surface area (TPSA) is 73.4 Å². The fourth-order valence-electron chi connectivity index (χ4n) is 1.58. The first-order valence-electron chi connectivity index (χ1n) is 5.38. The fraction of sp³-hybridized carbons (Fsp3) is 0.500. The van der Waals surface area contributed by atoms with Gasteiger partial charge in [0.1, 0.15) is 5.69 Å². The Hall–Kier alpha value is -1.62. The second-order valence-corrected chi connectivity index (χ2v) is 4.83. The van der Waals surface area contributed by atoms with Gasteiger partial charge in [-0.15, -0.1) is 0 Å². The van der Waals surface area contributed by atoms with E-state index in [1.54, 1.807) is 20.9 Å². The van der Waals surface area contributed by atoms with Gasteiger partial charge in [-0.1, -0.05) is 0 Å². The number of likely N-dealkylation sites (N-methyl/N-ethyl adjacent to an activating group) is 1. The highest BCUT2D eigenvalue weighted by Gasteiger charge is 2.21. The lowest BCUT2D eigenvalue weighted by molar-refractivity contribution is 0.0365. The Morgan fingerprint density at radius 2 is 2.06 bits per heavy atom. The first-order chi connectivity index (χ1) is 7.70. The number of carbonyl (C=O) groups excluding carboxylic acids is 2. The lowest BCUT2D eigenvalue weighted by Gasteiger charge is -2.25. The van der Waals surface area contributed by atoms with Gasteiger partial charge in [-0.25, -0.2) is 0 Å². The van der Waals surface area contributed by atoms with E-state index in [1.165, 1.54) is 24.1 Å². The van der Waals surface area contributed by atoms with Crippen molar-refractivity contribution in [3.05, 3.63) is 23.5 Å². The van der Waals surface area contributed by atoms with Gasteiger partial charge >= 0.3 is 0 Å². The van der Waals surface area contributed by atoms with Crippen molar-refractivity contribution in [2.75, 3.05) is 13.6 Å². The second kappa shape index (κ2) is 4.71. The van der Waals surface area contributed by atoms with E-state index in [-0.39, 0.29) is 18.2 Å². The number of H-pyrrole nitrogens is 1. The quantitative estimate of drug-likeness (QED) is 0.770. The Balaban J connectivity index is 2.78. The first-order valence-corrected chi connectivity index (χ1v) is 5.38. The maximum absolute atomic E-state index is 11.9. The Bertz CT molecular complexity index is 429. The summed E-state index contributed by atoms with van der Waals surface area (Å²) in [5, 5.41) is 9.62. The molecule has 94 valence electrons. The van der Waals surface area contributed by atoms with Crippen molar-refractivity contribution < 1.29 is 14.7 Å². The van der Waals surface area contributed by atoms with Gasteiger partial charge in [0, 0.05) is 25.4 Å². The molecule has 0 aliphatic heterocycles. The molecular formula is C12H18N2O3. The van der Waals surface area contributed by atoms with E-state index in [9.17, 15) is 14.7 Å². The van der Waals surface area contributed by atoms with Gasteiger partial charge in [0.2, 0.25) is 0 Å². The van der Waals surface area contributed by atoms with E-state index in [4.69, 9.17) is 0 Å². The van der Waals surface area contributed by atoms with Crippen LogP contribution in [0.5, 0.6) is 0 Å². The monoisotopic (exact) mass is 238 g/mol. The number of rotatable bonds is 4. The molecule has 0 fully saturated rings. The van der Waals surface area contributed by atoms with E-state index >= 15 is 0 Å². The standard InChI is InChI=1S/C12H18N2O3/c1-8(15)9-5-10(13-6-9)11(16)14(4)7-12(2,3)17/h5-6,13,17H,7H2,1-4H3. The number of aromatic nitrogens is 1. The van der Waals surface area contributed by atoms with Crippen LogP contribution in [0.15, 0.2) is 12.3 Å². The second-order valence-electron chi connectivity index (χ2n) is 4.83. The molecule has 1 amide bonds. The highest BCUT2D eigenvalue weighted by atomic mass is 16.3. The molecule has 0 spiro atoms. The normalized spacial score (nSPS) is 11.4. The molecule has 0 aliphatic rings. The van der Waals surface area contributed by atoms with Crippen LogP contribution < -0.4 is 0 Å². The van der Waals surface area contributed by atoms with E-state index in [1.807, 2.05) is 0 Å². The molecule has 1 rings (SSSR count). The van der Waals surface area contributed by atoms with Gasteiger partial charge < -0.3 is 15.0 Å². The molecule has 0 saturated carbocycles. The summed E-state index contributed by atoms with van der Waals surface area (Å²) in [6, 6.07) is 1.52. The summed E-state index contributed by atoms with van der Waals surface area (Å²) >= 11 is 0. The third kappa shape index (κ3) is 3.71. The van der Waals surface area contributed by atoms with Crippen molar-refractivity contribution >= 4 is 11.7 Å². The molecular weight excluding hydrogens is 220 g/mol. The van der Waals surface area contributed by atoms with Crippen LogP contribution in [0.25, 0.3) is 0 Å². The zero-order valence-electron chi connectivity index (χ0n) is 10.6. The molecule has 0 unspecified atom stereocenters. The highest BCUT2D eigenvalue weighted by molar-refractivity contribution is 5.98. The van der Waals surface area contributed by atoms with Crippen LogP contribution in [-0.4, -0.2) is 45.9 Å². The van der Waals surface area contributed by atoms with Gasteiger partial charge in [-0.3, -0.25) is 9.59 Å². The van der Waals surface area contributed by atoms with E-state index in [0.29, 0.717) is 11.3 Å². The molecule has 2 N–H and O–H groups in total. The number of ketones is 1. The number of hydrogen-bond donors (Lipinski definition) is 2. The molecule has 1 heterocycles. The number of nitrogens with zero attached hydrogens (tertiary/aromatic N) is 1. The number of hydrogen-bond acceptors (Lipinski definition) is 3. The van der Waals surface area contributed by atoms with Crippen molar-refractivity contribution in [3.63, 3.8) is 0 Å². The smallest absolute Gasteiger partial charge is 0.270 e. The Morgan fingerprint density at radius 3 is 2.47 bits per heavy atom. The van der Waals surface area contributed by atoms with Crippen molar-refractivity contribution in [1.82, 2.24) is 9.88 Å². The summed E-state index contributed by atoms with van der Waals surface area (Å²) in [6.45, 7) is 4.93. The average molecular weight is 238 g/mol. The van der Waals surface area contributed by atoms with Crippen LogP contribution in [0.4, 0.5) is 0 Å². The molecule has 0 aliphatic carbocycles. The van der Waals surface area contributed by atoms with E-state index < -0.39 is 5.60 Å². The Morgan fingerprint density at radius 1 is 1.47 bits per heavy atom. The Labute approximate surface area is 100 Å². The summed E-state index contributed by atoms with van der Waals surface area (Å²) in [4.78, 5) is 27.2. The number of aliphatic hydroxyl groups is 1. The molecule has 5 nitrogen and oxygen atoms in total. The van der Waals surface area contributed by atoms with Crippen LogP contribution >= 0.6 is 0 Å². The lowest BCUT2D eigenvalue weighted by Crippen LogP contribution is -2.39. The van der Waals surface area contributed by atoms with E-state index in [0.717, 1.165) is 0 Å². The first kappa shape index (κ1) is 13.4. The molecule has 1 aromatic rings. The van der Waals surface area contributed by atoms with Crippen LogP contribution in [-0.2, 0) is 0 Å². The van der Waals surface area contributed by atoms with Crippen molar-refractivity contribution in [1.29, 1.82) is 0 Å². The summed E-state index contributed by atoms with van der Waals surface area (Å²) < 4.78 is 0. The predicted octanol–water partition coefficient (Wildman–Crippen LogP) is 1.06. The van der Waals surface area contributed by atoms with Crippen molar-refractivity contribution in [2.45, 2.75) is 26.4 Å². The van der Waals surface area contributed by atoms with Gasteiger partial charge in [-0.05, 0) is 26.8 Å². The Kier molecular flexibility index (Phi) is 3.72. The zero-order valence-corrected chi connectivity index (χ0v) is 10.6. The maximum Gasteiger partial charge on any atom is 0.270 e. The minimum atomic E-state index is -0.944. The largest absolute Gasteiger partial charge is 0.389 e. The molecule has 0 saturated heterocycles. The van der Waals surface area contributed by atoms with Gasteiger partial charge in [0.25, 0.3) is 5.91 Å². The number of aromatic amines is 1. The molecule has 0 atom stereocenters. The number of carbonyl (C=O) groups is 2. The zero-order chi connectivity index (χ0) is 13.2. The number of Topliss-reactive ketones (excluding diaryl/α,β-unsaturated/α-hetero) is 1. The van der Waals surface area contributed by atoms with E-state index in [2.05, 4.69) is 4.98 Å². The molecule has 17 heavy (non-hydrogen) atoms. The van der Waals surface area contributed by atoms with Crippen molar-refractivity contribution in [2.24, 2.45) is 0 Å². The van der Waals surface area contributed by atoms with Crippen LogP contribution in [0.2, 0.25) is 0 Å². The number of amides is 1. The third-order valence-corrected chi connectivity index (χ3v) is 2.29. The number of nitrogens with one attached hydrogen (secondary N) is 1. The molecule has 0 radical (unpaired) electrons. The summed E-state index contributed by atoms with van der Waals surface area (Å²) in [5.74, 6) is -0.343. The SMILES string of the molecule is CC(=O)c1c[nH]c(C(=O)N(C)CC(C)(C)O)c1. The molecule has 5 heteroatoms. The van der Waals surface area contributed by atoms with Crippen LogP contribution in [0.1, 0.15) is 41.6 Å². The maximum atomic E-state index is 11.9. The van der Waals surface area contributed by atoms with Gasteiger partial charge in [0.15, 0.2) is 5.78 Å². The minimum Gasteiger partial charge on any atom is -0.389 e. The average Bonchev–Trinajstić information content (AvgIpc) is 2.62. The van der Waals surface area contributed by atoms with Gasteiger partial charge in [-0.2, -0.15) is 0 Å². The van der Waals surface area contributed by atoms with Gasteiger partial charge in [0.05, 0.1) is 5.60 Å². The summed E-state index contributed by atoms with van der Waals surface area (Å²) in [7, 11) is 1.61. The van der Waals surface area contributed by atoms with Crippen molar-refractivity contribution in [3.8, 4) is 0 Å². The fourth-order valence-corrected chi connectivity index (χ4v) is 1.58. The van der Waals surface area contributed by atoms with Crippen LogP contribution in [0.3, 0.4) is 0 Å². The third-order valence-electron chi connectivity index (χ3n) is 2.29. The summed E-state index contributed by atoms with van der Waals surface area (Å²) in [6.07, 6.45) is 1.51. The molecule has 0 aromatic carbocycles. The summed E-state index contributed by atoms with van der Waals surface area (Å²) in [5.41, 5.74) is -0.118.